The summed E-state index contributed by atoms with van der Waals surface area (Å²) in [5, 5.41) is 0. The first-order chi connectivity index (χ1) is 8.33. The predicted molar refractivity (Wildman–Crippen MR) is 65.3 cm³/mol. The van der Waals surface area contributed by atoms with Crippen LogP contribution in [0.25, 0.3) is 0 Å². The van der Waals surface area contributed by atoms with Crippen molar-refractivity contribution in [2.24, 2.45) is 0 Å². The number of fused-ring (bicyclic) bond motifs is 1. The monoisotopic (exact) mass is 226 g/mol. The molecule has 86 valence electrons. The SMILES string of the molecule is Cc1nc2c(c(Oc3ccccc3)n1)CCC2. The predicted octanol–water partition coefficient (Wildman–Crippen LogP) is 3.07. The zero-order chi connectivity index (χ0) is 11.7. The minimum atomic E-state index is 0.733. The summed E-state index contributed by atoms with van der Waals surface area (Å²) in [6.45, 7) is 1.91. The summed E-state index contributed by atoms with van der Waals surface area (Å²) in [5.74, 6) is 2.35. The van der Waals surface area contributed by atoms with Gasteiger partial charge in [0.15, 0.2) is 0 Å². The van der Waals surface area contributed by atoms with E-state index in [0.29, 0.717) is 0 Å². The minimum Gasteiger partial charge on any atom is -0.439 e. The van der Waals surface area contributed by atoms with Gasteiger partial charge in [-0.25, -0.2) is 4.98 Å². The maximum absolute atomic E-state index is 5.85. The molecule has 3 nitrogen and oxygen atoms in total. The van der Waals surface area contributed by atoms with Crippen LogP contribution in [0.1, 0.15) is 23.5 Å². The Balaban J connectivity index is 1.98. The number of hydrogen-bond acceptors (Lipinski definition) is 3. The molecule has 3 rings (SSSR count). The van der Waals surface area contributed by atoms with Crippen molar-refractivity contribution in [2.75, 3.05) is 0 Å². The lowest BCUT2D eigenvalue weighted by molar-refractivity contribution is 0.453. The number of aryl methyl sites for hydroxylation is 2. The zero-order valence-electron chi connectivity index (χ0n) is 9.81. The van der Waals surface area contributed by atoms with E-state index in [1.54, 1.807) is 0 Å². The highest BCUT2D eigenvalue weighted by molar-refractivity contribution is 5.37. The first-order valence-electron chi connectivity index (χ1n) is 5.92. The number of benzene rings is 1. The summed E-state index contributed by atoms with van der Waals surface area (Å²) in [6, 6.07) is 9.79. The van der Waals surface area contributed by atoms with Gasteiger partial charge in [-0.15, -0.1) is 0 Å². The second kappa shape index (κ2) is 4.17. The number of ether oxygens (including phenoxy) is 1. The quantitative estimate of drug-likeness (QED) is 0.789. The largest absolute Gasteiger partial charge is 0.439 e. The molecule has 1 aromatic heterocycles. The minimum absolute atomic E-state index is 0.733. The fraction of sp³-hybridized carbons (Fsp3) is 0.286. The highest BCUT2D eigenvalue weighted by atomic mass is 16.5. The van der Waals surface area contributed by atoms with Gasteiger partial charge in [0.2, 0.25) is 5.88 Å². The van der Waals surface area contributed by atoms with Crippen LogP contribution in [0, 0.1) is 6.92 Å². The van der Waals surface area contributed by atoms with Gasteiger partial charge in [0.25, 0.3) is 0 Å². The van der Waals surface area contributed by atoms with Crippen molar-refractivity contribution in [1.82, 2.24) is 9.97 Å². The molecule has 0 N–H and O–H groups in total. The fourth-order valence-corrected chi connectivity index (χ4v) is 2.20. The fourth-order valence-electron chi connectivity index (χ4n) is 2.20. The van der Waals surface area contributed by atoms with Crippen LogP contribution in [-0.2, 0) is 12.8 Å². The summed E-state index contributed by atoms with van der Waals surface area (Å²) in [7, 11) is 0. The Kier molecular flexibility index (Phi) is 2.52. The maximum Gasteiger partial charge on any atom is 0.225 e. The molecule has 1 aliphatic rings. The third-order valence-corrected chi connectivity index (χ3v) is 2.96. The molecule has 0 saturated carbocycles. The second-order valence-corrected chi connectivity index (χ2v) is 4.27. The van der Waals surface area contributed by atoms with Gasteiger partial charge < -0.3 is 4.74 Å². The summed E-state index contributed by atoms with van der Waals surface area (Å²) in [5.41, 5.74) is 2.34. The third kappa shape index (κ3) is 2.00. The number of rotatable bonds is 2. The molecule has 0 bridgehead atoms. The lowest BCUT2D eigenvalue weighted by atomic mass is 10.2. The standard InChI is InChI=1S/C14H14N2O/c1-10-15-13-9-5-8-12(13)14(16-10)17-11-6-3-2-4-7-11/h2-4,6-7H,5,8-9H2,1H3. The van der Waals surface area contributed by atoms with Crippen LogP contribution in [0.4, 0.5) is 0 Å². The Bertz CT molecular complexity index is 537. The molecule has 17 heavy (non-hydrogen) atoms. The molecule has 3 heteroatoms. The molecule has 0 spiro atoms. The van der Waals surface area contributed by atoms with Crippen molar-refractivity contribution < 1.29 is 4.74 Å². The Hall–Kier alpha value is -1.90. The lowest BCUT2D eigenvalue weighted by Gasteiger charge is -2.09. The smallest absolute Gasteiger partial charge is 0.225 e. The van der Waals surface area contributed by atoms with E-state index in [9.17, 15) is 0 Å². The molecule has 1 aliphatic carbocycles. The van der Waals surface area contributed by atoms with Crippen LogP contribution < -0.4 is 4.74 Å². The van der Waals surface area contributed by atoms with E-state index in [4.69, 9.17) is 4.74 Å². The van der Waals surface area contributed by atoms with Gasteiger partial charge >= 0.3 is 0 Å². The third-order valence-electron chi connectivity index (χ3n) is 2.96. The number of para-hydroxylation sites is 1. The summed E-state index contributed by atoms with van der Waals surface area (Å²) < 4.78 is 5.85. The van der Waals surface area contributed by atoms with Crippen LogP contribution in [0.5, 0.6) is 11.6 Å². The van der Waals surface area contributed by atoms with Crippen LogP contribution >= 0.6 is 0 Å². The molecule has 0 amide bonds. The average Bonchev–Trinajstić information content (AvgIpc) is 2.78. The van der Waals surface area contributed by atoms with Gasteiger partial charge in [-0.05, 0) is 38.3 Å². The topological polar surface area (TPSA) is 35.0 Å². The van der Waals surface area contributed by atoms with E-state index in [1.165, 1.54) is 5.56 Å². The van der Waals surface area contributed by atoms with Gasteiger partial charge in [-0.2, -0.15) is 4.98 Å². The van der Waals surface area contributed by atoms with Crippen molar-refractivity contribution >= 4 is 0 Å². The molecule has 0 atom stereocenters. The molecule has 0 radical (unpaired) electrons. The van der Waals surface area contributed by atoms with Crippen molar-refractivity contribution in [3.63, 3.8) is 0 Å². The molecular weight excluding hydrogens is 212 g/mol. The summed E-state index contributed by atoms with van der Waals surface area (Å²) in [6.07, 6.45) is 3.22. The summed E-state index contributed by atoms with van der Waals surface area (Å²) >= 11 is 0. The van der Waals surface area contributed by atoms with Crippen LogP contribution in [0.2, 0.25) is 0 Å². The molecule has 0 fully saturated rings. The normalized spacial score (nSPS) is 13.5. The van der Waals surface area contributed by atoms with E-state index >= 15 is 0 Å². The second-order valence-electron chi connectivity index (χ2n) is 4.27. The van der Waals surface area contributed by atoms with E-state index in [1.807, 2.05) is 37.3 Å². The molecule has 0 saturated heterocycles. The van der Waals surface area contributed by atoms with Crippen molar-refractivity contribution in [2.45, 2.75) is 26.2 Å². The van der Waals surface area contributed by atoms with E-state index in [0.717, 1.165) is 42.4 Å². The first kappa shape index (κ1) is 10.3. The summed E-state index contributed by atoms with van der Waals surface area (Å²) in [4.78, 5) is 8.87. The zero-order valence-corrected chi connectivity index (χ0v) is 9.81. The Morgan fingerprint density at radius 1 is 1.06 bits per heavy atom. The van der Waals surface area contributed by atoms with Crippen LogP contribution in [-0.4, -0.2) is 9.97 Å². The van der Waals surface area contributed by atoms with Gasteiger partial charge in [0.1, 0.15) is 11.6 Å². The molecule has 1 aromatic carbocycles. The molecule has 2 aromatic rings. The van der Waals surface area contributed by atoms with Crippen LogP contribution in [0.15, 0.2) is 30.3 Å². The van der Waals surface area contributed by atoms with Crippen molar-refractivity contribution in [3.8, 4) is 11.6 Å². The van der Waals surface area contributed by atoms with Crippen LogP contribution in [0.3, 0.4) is 0 Å². The number of aromatic nitrogens is 2. The van der Waals surface area contributed by atoms with Crippen molar-refractivity contribution in [1.29, 1.82) is 0 Å². The highest BCUT2D eigenvalue weighted by Crippen LogP contribution is 2.30. The van der Waals surface area contributed by atoms with Gasteiger partial charge in [0.05, 0.1) is 5.69 Å². The van der Waals surface area contributed by atoms with E-state index in [2.05, 4.69) is 9.97 Å². The van der Waals surface area contributed by atoms with E-state index in [-0.39, 0.29) is 0 Å². The maximum atomic E-state index is 5.85. The molecular formula is C14H14N2O. The van der Waals surface area contributed by atoms with Gasteiger partial charge in [-0.1, -0.05) is 18.2 Å². The molecule has 1 heterocycles. The van der Waals surface area contributed by atoms with E-state index < -0.39 is 0 Å². The Morgan fingerprint density at radius 2 is 1.88 bits per heavy atom. The number of nitrogens with zero attached hydrogens (tertiary/aromatic N) is 2. The highest BCUT2D eigenvalue weighted by Gasteiger charge is 2.19. The average molecular weight is 226 g/mol. The van der Waals surface area contributed by atoms with Gasteiger partial charge in [0, 0.05) is 5.56 Å². The molecule has 0 aliphatic heterocycles. The Labute approximate surface area is 100 Å². The number of hydrogen-bond donors (Lipinski definition) is 0. The first-order valence-corrected chi connectivity index (χ1v) is 5.92. The lowest BCUT2D eigenvalue weighted by Crippen LogP contribution is -2.00. The Morgan fingerprint density at radius 3 is 2.71 bits per heavy atom. The molecule has 0 unspecified atom stereocenters. The van der Waals surface area contributed by atoms with Gasteiger partial charge in [-0.3, -0.25) is 0 Å². The van der Waals surface area contributed by atoms with Crippen molar-refractivity contribution in [3.05, 3.63) is 47.4 Å².